The average molecular weight is 444 g/mol. The van der Waals surface area contributed by atoms with Crippen LogP contribution in [0.25, 0.3) is 6.08 Å². The largest absolute Gasteiger partial charge is 0.296 e. The summed E-state index contributed by atoms with van der Waals surface area (Å²) in [6.45, 7) is 6.51. The predicted octanol–water partition coefficient (Wildman–Crippen LogP) is 5.93. The van der Waals surface area contributed by atoms with E-state index in [0.29, 0.717) is 10.0 Å². The maximum atomic E-state index is 6.37. The molecule has 0 saturated heterocycles. The molecule has 158 valence electrons. The van der Waals surface area contributed by atoms with Gasteiger partial charge in [0.2, 0.25) is 0 Å². The van der Waals surface area contributed by atoms with Gasteiger partial charge in [-0.25, -0.2) is 4.68 Å². The van der Waals surface area contributed by atoms with Crippen molar-refractivity contribution in [3.05, 3.63) is 81.6 Å². The van der Waals surface area contributed by atoms with E-state index in [-0.39, 0.29) is 17.5 Å². The second-order valence-corrected chi connectivity index (χ2v) is 9.44. The normalized spacial score (nSPS) is 14.4. The molecule has 0 radical (unpaired) electrons. The van der Waals surface area contributed by atoms with Crippen molar-refractivity contribution >= 4 is 29.3 Å². The highest BCUT2D eigenvalue weighted by Gasteiger charge is 2.31. The maximum Gasteiger partial charge on any atom is 0.173 e. The van der Waals surface area contributed by atoms with Gasteiger partial charge in [0.1, 0.15) is 0 Å². The lowest BCUT2D eigenvalue weighted by atomic mass is 9.86. The summed E-state index contributed by atoms with van der Waals surface area (Å²) in [5.74, 6) is 0.790. The molecule has 0 saturated carbocycles. The third-order valence-electron chi connectivity index (χ3n) is 4.97. The smallest absolute Gasteiger partial charge is 0.173 e. The zero-order valence-electron chi connectivity index (χ0n) is 17.9. The van der Waals surface area contributed by atoms with Gasteiger partial charge in [0.15, 0.2) is 5.82 Å². The van der Waals surface area contributed by atoms with E-state index in [1.807, 2.05) is 55.2 Å². The number of aromatic nitrogens is 4. The van der Waals surface area contributed by atoms with Crippen LogP contribution in [0.4, 0.5) is 0 Å². The van der Waals surface area contributed by atoms with Gasteiger partial charge in [0.05, 0.1) is 12.1 Å². The number of allylic oxidation sites excluding steroid dienone is 1. The summed E-state index contributed by atoms with van der Waals surface area (Å²) in [6.07, 6.45) is 4.11. The zero-order valence-corrected chi connectivity index (χ0v) is 19.4. The first-order valence-electron chi connectivity index (χ1n) is 9.81. The number of rotatable bonds is 6. The molecular weight excluding hydrogens is 417 g/mol. The van der Waals surface area contributed by atoms with Gasteiger partial charge in [0, 0.05) is 10.0 Å². The minimum atomic E-state index is -0.132. The Morgan fingerprint density at radius 1 is 1.03 bits per heavy atom. The molecule has 7 heteroatoms. The predicted molar refractivity (Wildman–Crippen MR) is 124 cm³/mol. The van der Waals surface area contributed by atoms with E-state index in [4.69, 9.17) is 23.2 Å². The molecule has 3 aromatic rings. The molecule has 0 N–H and O–H groups in total. The van der Waals surface area contributed by atoms with Crippen molar-refractivity contribution in [2.45, 2.75) is 32.9 Å². The van der Waals surface area contributed by atoms with Gasteiger partial charge in [0.25, 0.3) is 0 Å². The van der Waals surface area contributed by atoms with Crippen LogP contribution in [0.3, 0.4) is 0 Å². The van der Waals surface area contributed by atoms with E-state index >= 15 is 0 Å². The van der Waals surface area contributed by atoms with Gasteiger partial charge in [-0.05, 0) is 53.2 Å². The van der Waals surface area contributed by atoms with Crippen molar-refractivity contribution in [1.29, 1.82) is 0 Å². The first-order valence-corrected chi connectivity index (χ1v) is 10.6. The van der Waals surface area contributed by atoms with Crippen molar-refractivity contribution in [3.63, 3.8) is 0 Å². The lowest BCUT2D eigenvalue weighted by Gasteiger charge is -2.31. The molecule has 2 atom stereocenters. The summed E-state index contributed by atoms with van der Waals surface area (Å²) in [5, 5.41) is 14.1. The molecule has 30 heavy (non-hydrogen) atoms. The molecule has 0 spiro atoms. The Balaban J connectivity index is 2.05. The second kappa shape index (κ2) is 9.29. The molecule has 0 amide bonds. The van der Waals surface area contributed by atoms with E-state index in [2.05, 4.69) is 59.4 Å². The fraction of sp³-hybridized carbons (Fsp3) is 0.348. The summed E-state index contributed by atoms with van der Waals surface area (Å²) in [6, 6.07) is 15.6. The monoisotopic (exact) mass is 443 g/mol. The fourth-order valence-electron chi connectivity index (χ4n) is 3.46. The molecule has 2 aromatic carbocycles. The second-order valence-electron chi connectivity index (χ2n) is 8.59. The van der Waals surface area contributed by atoms with Crippen molar-refractivity contribution < 1.29 is 0 Å². The van der Waals surface area contributed by atoms with Crippen LogP contribution in [0.2, 0.25) is 10.0 Å². The van der Waals surface area contributed by atoms with Crippen LogP contribution in [-0.2, 0) is 0 Å². The number of tetrazole rings is 1. The summed E-state index contributed by atoms with van der Waals surface area (Å²) in [5.41, 5.74) is 1.90. The van der Waals surface area contributed by atoms with Crippen molar-refractivity contribution in [1.82, 2.24) is 25.1 Å². The van der Waals surface area contributed by atoms with Gasteiger partial charge in [-0.3, -0.25) is 4.90 Å². The van der Waals surface area contributed by atoms with E-state index in [1.54, 1.807) is 6.07 Å². The topological polar surface area (TPSA) is 46.8 Å². The number of halogens is 2. The Hall–Kier alpha value is -2.21. The fourth-order valence-corrected chi connectivity index (χ4v) is 3.93. The van der Waals surface area contributed by atoms with E-state index < -0.39 is 0 Å². The summed E-state index contributed by atoms with van der Waals surface area (Å²) >= 11 is 12.4. The Morgan fingerprint density at radius 2 is 1.73 bits per heavy atom. The van der Waals surface area contributed by atoms with Crippen LogP contribution in [0.1, 0.15) is 49.8 Å². The third-order valence-corrected chi connectivity index (χ3v) is 5.53. The molecule has 3 rings (SSSR count). The number of hydrogen-bond donors (Lipinski definition) is 0. The Kier molecular flexibility index (Phi) is 6.96. The molecule has 0 bridgehead atoms. The molecule has 0 aliphatic carbocycles. The Morgan fingerprint density at radius 3 is 2.33 bits per heavy atom. The summed E-state index contributed by atoms with van der Waals surface area (Å²) in [7, 11) is 4.07. The number of hydrogen-bond acceptors (Lipinski definition) is 4. The van der Waals surface area contributed by atoms with Gasteiger partial charge >= 0.3 is 0 Å². The van der Waals surface area contributed by atoms with E-state index in [0.717, 1.165) is 17.0 Å². The average Bonchev–Trinajstić information content (AvgIpc) is 3.12. The molecule has 0 unspecified atom stereocenters. The zero-order chi connectivity index (χ0) is 21.9. The van der Waals surface area contributed by atoms with Crippen molar-refractivity contribution in [2.75, 3.05) is 14.1 Å². The third kappa shape index (κ3) is 5.09. The van der Waals surface area contributed by atoms with E-state index in [1.165, 1.54) is 0 Å². The van der Waals surface area contributed by atoms with Crippen LogP contribution in [0, 0.1) is 5.41 Å². The van der Waals surface area contributed by atoms with Crippen LogP contribution in [0.5, 0.6) is 0 Å². The van der Waals surface area contributed by atoms with Gasteiger partial charge in [-0.15, -0.1) is 5.10 Å². The lowest BCUT2D eigenvalue weighted by Crippen LogP contribution is -2.30. The van der Waals surface area contributed by atoms with Crippen molar-refractivity contribution in [3.8, 4) is 0 Å². The highest BCUT2D eigenvalue weighted by atomic mass is 35.5. The molecule has 0 fully saturated rings. The van der Waals surface area contributed by atoms with Gasteiger partial charge in [-0.1, -0.05) is 92.5 Å². The standard InChI is InChI=1S/C23H27Cl2N5/c1-23(2,3)20(14-12-16-11-13-18(24)15-19(16)25)30-22(26-27-28-30)21(29(4)5)17-9-7-6-8-10-17/h6-15,20-21H,1-5H3/b14-12+/t20-,21+/m0/s1. The minimum Gasteiger partial charge on any atom is -0.296 e. The number of benzene rings is 2. The first kappa shape index (κ1) is 22.5. The maximum absolute atomic E-state index is 6.37. The molecule has 1 aromatic heterocycles. The Bertz CT molecular complexity index is 1010. The van der Waals surface area contributed by atoms with Crippen molar-refractivity contribution in [2.24, 2.45) is 5.41 Å². The molecule has 1 heterocycles. The van der Waals surface area contributed by atoms with Crippen LogP contribution in [-0.4, -0.2) is 39.2 Å². The van der Waals surface area contributed by atoms with E-state index in [9.17, 15) is 0 Å². The quantitative estimate of drug-likeness (QED) is 0.473. The van der Waals surface area contributed by atoms with Gasteiger partial charge in [-0.2, -0.15) is 0 Å². The summed E-state index contributed by atoms with van der Waals surface area (Å²) in [4.78, 5) is 2.12. The highest BCUT2D eigenvalue weighted by molar-refractivity contribution is 6.35. The molecular formula is C23H27Cl2N5. The van der Waals surface area contributed by atoms with Gasteiger partial charge < -0.3 is 0 Å². The lowest BCUT2D eigenvalue weighted by molar-refractivity contribution is 0.245. The molecule has 0 aliphatic rings. The van der Waals surface area contributed by atoms with Crippen LogP contribution >= 0.6 is 23.2 Å². The number of nitrogens with zero attached hydrogens (tertiary/aromatic N) is 5. The minimum absolute atomic E-state index is 0.0708. The molecule has 5 nitrogen and oxygen atoms in total. The molecule has 0 aliphatic heterocycles. The summed E-state index contributed by atoms with van der Waals surface area (Å²) < 4.78 is 1.91. The Labute approximate surface area is 188 Å². The van der Waals surface area contributed by atoms with Crippen LogP contribution < -0.4 is 0 Å². The highest BCUT2D eigenvalue weighted by Crippen LogP contribution is 2.35. The first-order chi connectivity index (χ1) is 14.2. The van der Waals surface area contributed by atoms with Crippen LogP contribution in [0.15, 0.2) is 54.6 Å². The SMILES string of the molecule is CN(C)[C@H](c1ccccc1)c1nnnn1[C@@H](/C=C/c1ccc(Cl)cc1Cl)C(C)(C)C.